The first-order valence-electron chi connectivity index (χ1n) is 5.71. The molecule has 1 atom stereocenters. The van der Waals surface area contributed by atoms with E-state index in [4.69, 9.17) is 9.84 Å². The van der Waals surface area contributed by atoms with Crippen molar-refractivity contribution in [2.45, 2.75) is 40.2 Å². The second kappa shape index (κ2) is 10.4. The summed E-state index contributed by atoms with van der Waals surface area (Å²) in [6, 6.07) is -0.680. The van der Waals surface area contributed by atoms with Gasteiger partial charge in [0.2, 0.25) is 0 Å². The van der Waals surface area contributed by atoms with E-state index < -0.39 is 18.0 Å². The molecule has 0 fully saturated rings. The fourth-order valence-electron chi connectivity index (χ4n) is 1.37. The van der Waals surface area contributed by atoms with Crippen LogP contribution in [0.3, 0.4) is 0 Å². The zero-order valence-electron chi connectivity index (χ0n) is 10.8. The van der Waals surface area contributed by atoms with Crippen molar-refractivity contribution in [2.75, 3.05) is 6.61 Å². The third-order valence-electron chi connectivity index (χ3n) is 2.03. The first kappa shape index (κ1) is 19.8. The monoisotopic (exact) mass is 267 g/mol. The van der Waals surface area contributed by atoms with Crippen molar-refractivity contribution in [1.29, 1.82) is 0 Å². The Morgan fingerprint density at radius 3 is 2.33 bits per heavy atom. The van der Waals surface area contributed by atoms with Crippen LogP contribution in [0.15, 0.2) is 11.8 Å². The Labute approximate surface area is 130 Å². The first-order chi connectivity index (χ1) is 7.86. The number of hydrogen-bond acceptors (Lipinski definition) is 4. The summed E-state index contributed by atoms with van der Waals surface area (Å²) in [7, 11) is 0. The number of hydrogen-bond donors (Lipinski definition) is 2. The quantitative estimate of drug-likeness (QED) is 0.407. The van der Waals surface area contributed by atoms with Crippen LogP contribution in [0.5, 0.6) is 0 Å². The average Bonchev–Trinajstić information content (AvgIpc) is 2.15. The number of carbonyl (C=O) groups is 2. The Kier molecular flexibility index (Phi) is 11.5. The van der Waals surface area contributed by atoms with E-state index in [1.54, 1.807) is 13.8 Å². The molecule has 0 amide bonds. The van der Waals surface area contributed by atoms with E-state index in [-0.39, 0.29) is 35.5 Å². The van der Waals surface area contributed by atoms with Crippen LogP contribution in [-0.4, -0.2) is 59.3 Å². The van der Waals surface area contributed by atoms with Gasteiger partial charge in [-0.3, -0.25) is 0 Å². The molecule has 100 valence electrons. The van der Waals surface area contributed by atoms with E-state index in [0.29, 0.717) is 18.7 Å². The SMILES string of the molecule is CCOC(=O)/C=C(\C)N[C@@H](CC(C)C)C(=O)O.[NaH]. The maximum absolute atomic E-state index is 11.1. The van der Waals surface area contributed by atoms with E-state index in [1.807, 2.05) is 13.8 Å². The summed E-state index contributed by atoms with van der Waals surface area (Å²) >= 11 is 0. The number of carboxylic acids is 1. The van der Waals surface area contributed by atoms with Gasteiger partial charge in [0, 0.05) is 11.8 Å². The Morgan fingerprint density at radius 2 is 1.94 bits per heavy atom. The molecule has 0 aromatic carbocycles. The van der Waals surface area contributed by atoms with Crippen molar-refractivity contribution < 1.29 is 19.4 Å². The predicted molar refractivity (Wildman–Crippen MR) is 71.6 cm³/mol. The molecule has 0 aromatic rings. The molecular weight excluding hydrogens is 245 g/mol. The van der Waals surface area contributed by atoms with Crippen molar-refractivity contribution >= 4 is 41.5 Å². The average molecular weight is 267 g/mol. The zero-order chi connectivity index (χ0) is 13.4. The van der Waals surface area contributed by atoms with Crippen molar-refractivity contribution in [3.63, 3.8) is 0 Å². The number of carboxylic acid groups (broad SMARTS) is 1. The van der Waals surface area contributed by atoms with E-state index in [0.717, 1.165) is 0 Å². The van der Waals surface area contributed by atoms with Crippen LogP contribution >= 0.6 is 0 Å². The Hall–Kier alpha value is -0.520. The van der Waals surface area contributed by atoms with E-state index in [2.05, 4.69) is 5.32 Å². The van der Waals surface area contributed by atoms with Crippen LogP contribution in [0.2, 0.25) is 0 Å². The second-order valence-electron chi connectivity index (χ2n) is 4.24. The maximum atomic E-state index is 11.1. The van der Waals surface area contributed by atoms with E-state index >= 15 is 0 Å². The number of carbonyl (C=O) groups excluding carboxylic acids is 1. The molecule has 0 heterocycles. The fourth-order valence-corrected chi connectivity index (χ4v) is 1.37. The molecule has 0 saturated heterocycles. The molecular formula is C12H22NNaO4. The first-order valence-corrected chi connectivity index (χ1v) is 5.71. The number of allylic oxidation sites excluding steroid dienone is 1. The van der Waals surface area contributed by atoms with Gasteiger partial charge in [-0.1, -0.05) is 13.8 Å². The predicted octanol–water partition coefficient (Wildman–Crippen LogP) is 0.894. The number of ether oxygens (including phenoxy) is 1. The number of esters is 1. The van der Waals surface area contributed by atoms with Crippen molar-refractivity contribution in [2.24, 2.45) is 5.92 Å². The molecule has 18 heavy (non-hydrogen) atoms. The normalized spacial score (nSPS) is 12.6. The summed E-state index contributed by atoms with van der Waals surface area (Å²) in [5, 5.41) is 11.8. The number of rotatable bonds is 7. The molecule has 0 spiro atoms. The molecule has 0 aliphatic heterocycles. The molecule has 0 aromatic heterocycles. The van der Waals surface area contributed by atoms with Gasteiger partial charge >= 0.3 is 41.5 Å². The van der Waals surface area contributed by atoms with Gasteiger partial charge in [-0.2, -0.15) is 0 Å². The zero-order valence-corrected chi connectivity index (χ0v) is 10.8. The van der Waals surface area contributed by atoms with E-state index in [9.17, 15) is 9.59 Å². The van der Waals surface area contributed by atoms with Crippen LogP contribution in [0.25, 0.3) is 0 Å². The molecule has 0 unspecified atom stereocenters. The van der Waals surface area contributed by atoms with Gasteiger partial charge in [-0.05, 0) is 26.2 Å². The van der Waals surface area contributed by atoms with Crippen molar-refractivity contribution in [1.82, 2.24) is 5.32 Å². The third-order valence-corrected chi connectivity index (χ3v) is 2.03. The van der Waals surface area contributed by atoms with Crippen LogP contribution in [-0.2, 0) is 14.3 Å². The molecule has 0 bridgehead atoms. The van der Waals surface area contributed by atoms with Gasteiger partial charge in [0.05, 0.1) is 6.61 Å². The molecule has 5 nitrogen and oxygen atoms in total. The molecule has 2 N–H and O–H groups in total. The summed E-state index contributed by atoms with van der Waals surface area (Å²) in [4.78, 5) is 22.1. The Balaban J connectivity index is 0. The third kappa shape index (κ3) is 9.50. The molecule has 0 saturated carbocycles. The Bertz CT molecular complexity index is 302. The van der Waals surface area contributed by atoms with Gasteiger partial charge in [-0.15, -0.1) is 0 Å². The molecule has 0 aliphatic rings. The summed E-state index contributed by atoms with van der Waals surface area (Å²) in [5.41, 5.74) is 0.497. The standard InChI is InChI=1S/C12H21NO4.Na.H/c1-5-17-11(14)7-9(4)13-10(12(15)16)6-8(2)3;;/h7-8,10,13H,5-6H2,1-4H3,(H,15,16);;/b9-7+;;/t10-;;/m0../s1. The molecule has 6 heteroatoms. The van der Waals surface area contributed by atoms with Gasteiger partial charge in [0.1, 0.15) is 6.04 Å². The summed E-state index contributed by atoms with van der Waals surface area (Å²) < 4.78 is 4.73. The van der Waals surface area contributed by atoms with E-state index in [1.165, 1.54) is 6.08 Å². The van der Waals surface area contributed by atoms with Gasteiger partial charge in [0.15, 0.2) is 0 Å². The minimum absolute atomic E-state index is 0. The van der Waals surface area contributed by atoms with Gasteiger partial charge in [-0.25, -0.2) is 9.59 Å². The topological polar surface area (TPSA) is 75.6 Å². The van der Waals surface area contributed by atoms with Crippen molar-refractivity contribution in [3.8, 4) is 0 Å². The molecule has 0 rings (SSSR count). The van der Waals surface area contributed by atoms with Crippen LogP contribution in [0.1, 0.15) is 34.1 Å². The van der Waals surface area contributed by atoms with Crippen LogP contribution in [0.4, 0.5) is 0 Å². The fraction of sp³-hybridized carbons (Fsp3) is 0.667. The number of nitrogens with one attached hydrogen (secondary N) is 1. The second-order valence-corrected chi connectivity index (χ2v) is 4.24. The van der Waals surface area contributed by atoms with Crippen LogP contribution in [0, 0.1) is 5.92 Å². The van der Waals surface area contributed by atoms with Gasteiger partial charge in [0.25, 0.3) is 0 Å². The molecule has 0 aliphatic carbocycles. The number of aliphatic carboxylic acids is 1. The van der Waals surface area contributed by atoms with Gasteiger partial charge < -0.3 is 15.2 Å². The Morgan fingerprint density at radius 1 is 1.39 bits per heavy atom. The minimum atomic E-state index is -0.921. The molecule has 0 radical (unpaired) electrons. The summed E-state index contributed by atoms with van der Waals surface area (Å²) in [6.07, 6.45) is 1.77. The summed E-state index contributed by atoms with van der Waals surface area (Å²) in [6.45, 7) is 7.56. The van der Waals surface area contributed by atoms with Crippen molar-refractivity contribution in [3.05, 3.63) is 11.8 Å². The van der Waals surface area contributed by atoms with Crippen LogP contribution < -0.4 is 5.32 Å². The summed E-state index contributed by atoms with van der Waals surface area (Å²) in [5.74, 6) is -1.12.